The van der Waals surface area contributed by atoms with E-state index in [2.05, 4.69) is 142 Å². The van der Waals surface area contributed by atoms with Crippen LogP contribution in [-0.2, 0) is 0 Å². The number of benzene rings is 5. The summed E-state index contributed by atoms with van der Waals surface area (Å²) in [7, 11) is 0. The minimum atomic E-state index is 0.895. The molecule has 0 aliphatic heterocycles. The molecular weight excluding hydrogens is 548 g/mol. The Morgan fingerprint density at radius 1 is 0.422 bits per heavy atom. The molecule has 5 aromatic carbocycles. The summed E-state index contributed by atoms with van der Waals surface area (Å²) >= 11 is 0. The van der Waals surface area contributed by atoms with Crippen LogP contribution in [0.5, 0.6) is 0 Å². The van der Waals surface area contributed by atoms with E-state index in [9.17, 15) is 0 Å². The summed E-state index contributed by atoms with van der Waals surface area (Å²) < 4.78 is 2.32. The highest BCUT2D eigenvalue weighted by Gasteiger charge is 2.15. The second kappa shape index (κ2) is 10.2. The Morgan fingerprint density at radius 3 is 1.98 bits per heavy atom. The van der Waals surface area contributed by atoms with Gasteiger partial charge in [0.15, 0.2) is 0 Å². The van der Waals surface area contributed by atoms with E-state index in [0.717, 1.165) is 50.2 Å². The molecule has 0 saturated carbocycles. The maximum absolute atomic E-state index is 5.23. The van der Waals surface area contributed by atoms with Gasteiger partial charge in [0.05, 0.1) is 22.4 Å². The zero-order valence-corrected chi connectivity index (χ0v) is 24.3. The van der Waals surface area contributed by atoms with Gasteiger partial charge in [0.2, 0.25) is 0 Å². The normalized spacial score (nSPS) is 11.6. The zero-order valence-electron chi connectivity index (χ0n) is 24.3. The molecule has 0 N–H and O–H groups in total. The van der Waals surface area contributed by atoms with Crippen molar-refractivity contribution in [3.05, 3.63) is 158 Å². The Labute approximate surface area is 259 Å². The van der Waals surface area contributed by atoms with Crippen molar-refractivity contribution >= 4 is 43.4 Å². The lowest BCUT2D eigenvalue weighted by Crippen LogP contribution is -1.95. The van der Waals surface area contributed by atoms with E-state index < -0.39 is 0 Å². The van der Waals surface area contributed by atoms with Crippen LogP contribution in [0.1, 0.15) is 0 Å². The highest BCUT2D eigenvalue weighted by atomic mass is 15.0. The summed E-state index contributed by atoms with van der Waals surface area (Å²) in [6, 6.07) is 47.3. The second-order valence-electron chi connectivity index (χ2n) is 11.4. The fourth-order valence-electron chi connectivity index (χ4n) is 6.66. The van der Waals surface area contributed by atoms with Crippen molar-refractivity contribution in [1.82, 2.24) is 19.5 Å². The standard InChI is InChI=1S/C41H26N4/c1-2-10-32-28(8-1)22-36(34-12-4-3-11-33(32)34)39-24-30(23-38(44-39)29-9-7-20-42-25-29)27-15-17-31(18-16-27)45-40-14-6-5-13-35(40)37-26-43-21-19-41(37)45/h1-26H. The first kappa shape index (κ1) is 25.4. The SMILES string of the molecule is c1cncc(-c2cc(-c3ccc(-n4c5ccccc5c5cnccc54)cc3)cc(-c3cc4ccccc4c4ccccc34)n2)c1. The maximum atomic E-state index is 5.23. The van der Waals surface area contributed by atoms with Crippen molar-refractivity contribution in [3.8, 4) is 39.3 Å². The van der Waals surface area contributed by atoms with Crippen LogP contribution in [0, 0.1) is 0 Å². The largest absolute Gasteiger partial charge is 0.309 e. The summed E-state index contributed by atoms with van der Waals surface area (Å²) in [5.74, 6) is 0. The van der Waals surface area contributed by atoms with E-state index in [1.807, 2.05) is 24.7 Å². The molecule has 0 atom stereocenters. The van der Waals surface area contributed by atoms with Gasteiger partial charge in [0, 0.05) is 52.4 Å². The van der Waals surface area contributed by atoms with Crippen LogP contribution in [0.25, 0.3) is 82.7 Å². The molecule has 0 bridgehead atoms. The van der Waals surface area contributed by atoms with Crippen LogP contribution in [0.15, 0.2) is 158 Å². The monoisotopic (exact) mass is 574 g/mol. The number of hydrogen-bond acceptors (Lipinski definition) is 3. The van der Waals surface area contributed by atoms with Crippen LogP contribution in [-0.4, -0.2) is 19.5 Å². The molecule has 4 aromatic heterocycles. The fourth-order valence-corrected chi connectivity index (χ4v) is 6.66. The Morgan fingerprint density at radius 2 is 1.13 bits per heavy atom. The third-order valence-corrected chi connectivity index (χ3v) is 8.76. The van der Waals surface area contributed by atoms with Crippen LogP contribution in [0.4, 0.5) is 0 Å². The molecule has 0 amide bonds. The Balaban J connectivity index is 1.23. The van der Waals surface area contributed by atoms with Gasteiger partial charge in [-0.1, -0.05) is 78.9 Å². The van der Waals surface area contributed by atoms with E-state index in [1.165, 1.54) is 32.4 Å². The van der Waals surface area contributed by atoms with Crippen molar-refractivity contribution in [3.63, 3.8) is 0 Å². The number of nitrogens with zero attached hydrogens (tertiary/aromatic N) is 4. The van der Waals surface area contributed by atoms with Crippen LogP contribution in [0.2, 0.25) is 0 Å². The number of para-hydroxylation sites is 1. The number of fused-ring (bicyclic) bond motifs is 6. The molecule has 210 valence electrons. The third-order valence-electron chi connectivity index (χ3n) is 8.76. The molecule has 45 heavy (non-hydrogen) atoms. The highest BCUT2D eigenvalue weighted by Crippen LogP contribution is 2.38. The molecule has 0 spiro atoms. The van der Waals surface area contributed by atoms with Crippen molar-refractivity contribution in [2.24, 2.45) is 0 Å². The predicted molar refractivity (Wildman–Crippen MR) is 185 cm³/mol. The van der Waals surface area contributed by atoms with E-state index in [4.69, 9.17) is 4.98 Å². The molecule has 4 heteroatoms. The van der Waals surface area contributed by atoms with Gasteiger partial charge < -0.3 is 4.57 Å². The smallest absolute Gasteiger partial charge is 0.0731 e. The minimum Gasteiger partial charge on any atom is -0.309 e. The molecule has 9 rings (SSSR count). The summed E-state index contributed by atoms with van der Waals surface area (Å²) in [5, 5.41) is 7.22. The zero-order chi connectivity index (χ0) is 29.7. The molecule has 0 fully saturated rings. The van der Waals surface area contributed by atoms with Gasteiger partial charge in [-0.25, -0.2) is 4.98 Å². The van der Waals surface area contributed by atoms with E-state index in [-0.39, 0.29) is 0 Å². The van der Waals surface area contributed by atoms with Gasteiger partial charge in [0.1, 0.15) is 0 Å². The van der Waals surface area contributed by atoms with Gasteiger partial charge in [0.25, 0.3) is 0 Å². The summed E-state index contributed by atoms with van der Waals surface area (Å²) in [6.45, 7) is 0. The summed E-state index contributed by atoms with van der Waals surface area (Å²) in [4.78, 5) is 14.0. The highest BCUT2D eigenvalue weighted by molar-refractivity contribution is 6.13. The number of aromatic nitrogens is 4. The first-order valence-electron chi connectivity index (χ1n) is 15.1. The average molecular weight is 575 g/mol. The van der Waals surface area contributed by atoms with Crippen molar-refractivity contribution < 1.29 is 0 Å². The molecule has 0 aliphatic carbocycles. The molecule has 4 heterocycles. The van der Waals surface area contributed by atoms with Crippen molar-refractivity contribution in [2.75, 3.05) is 0 Å². The van der Waals surface area contributed by atoms with Gasteiger partial charge in [-0.15, -0.1) is 0 Å². The number of hydrogen-bond donors (Lipinski definition) is 0. The lowest BCUT2D eigenvalue weighted by atomic mass is 9.93. The van der Waals surface area contributed by atoms with Crippen molar-refractivity contribution in [1.29, 1.82) is 0 Å². The van der Waals surface area contributed by atoms with Crippen molar-refractivity contribution in [2.45, 2.75) is 0 Å². The van der Waals surface area contributed by atoms with Gasteiger partial charge in [-0.2, -0.15) is 0 Å². The number of rotatable bonds is 4. The molecule has 0 unspecified atom stereocenters. The Kier molecular flexibility index (Phi) is 5.78. The molecule has 9 aromatic rings. The first-order chi connectivity index (χ1) is 22.3. The number of pyridine rings is 3. The van der Waals surface area contributed by atoms with E-state index >= 15 is 0 Å². The summed E-state index contributed by atoms with van der Waals surface area (Å²) in [5.41, 5.74) is 9.59. The first-order valence-corrected chi connectivity index (χ1v) is 15.1. The average Bonchev–Trinajstić information content (AvgIpc) is 3.46. The minimum absolute atomic E-state index is 0.895. The van der Waals surface area contributed by atoms with Gasteiger partial charge in [-0.3, -0.25) is 9.97 Å². The van der Waals surface area contributed by atoms with E-state index in [1.54, 1.807) is 6.20 Å². The quantitative estimate of drug-likeness (QED) is 0.196. The lowest BCUT2D eigenvalue weighted by Gasteiger charge is -2.14. The Bertz CT molecular complexity index is 2480. The molecule has 0 saturated heterocycles. The van der Waals surface area contributed by atoms with Gasteiger partial charge in [-0.05, 0) is 87.3 Å². The lowest BCUT2D eigenvalue weighted by molar-refractivity contribution is 1.17. The summed E-state index contributed by atoms with van der Waals surface area (Å²) in [6.07, 6.45) is 7.50. The molecule has 0 aliphatic rings. The Hall–Kier alpha value is -6.13. The third kappa shape index (κ3) is 4.19. The fraction of sp³-hybridized carbons (Fsp3) is 0. The maximum Gasteiger partial charge on any atom is 0.0731 e. The van der Waals surface area contributed by atoms with Crippen LogP contribution >= 0.6 is 0 Å². The predicted octanol–water partition coefficient (Wildman–Crippen LogP) is 10.3. The van der Waals surface area contributed by atoms with Gasteiger partial charge >= 0.3 is 0 Å². The van der Waals surface area contributed by atoms with Crippen LogP contribution < -0.4 is 0 Å². The topological polar surface area (TPSA) is 43.6 Å². The second-order valence-corrected chi connectivity index (χ2v) is 11.4. The molecular formula is C41H26N4. The molecule has 4 nitrogen and oxygen atoms in total. The molecule has 0 radical (unpaired) electrons. The van der Waals surface area contributed by atoms with E-state index in [0.29, 0.717) is 0 Å². The van der Waals surface area contributed by atoms with Crippen LogP contribution in [0.3, 0.4) is 0 Å².